The molecule has 0 spiro atoms. The quantitative estimate of drug-likeness (QED) is 0.844. The molecule has 0 bridgehead atoms. The van der Waals surface area contributed by atoms with Gasteiger partial charge in [-0.1, -0.05) is 6.07 Å². The minimum Gasteiger partial charge on any atom is -0.368 e. The van der Waals surface area contributed by atoms with Crippen molar-refractivity contribution in [3.8, 4) is 0 Å². The van der Waals surface area contributed by atoms with E-state index >= 15 is 0 Å². The summed E-state index contributed by atoms with van der Waals surface area (Å²) in [5.74, 6) is -0.0652. The van der Waals surface area contributed by atoms with Gasteiger partial charge in [-0.15, -0.1) is 0 Å². The topological polar surface area (TPSA) is 61.9 Å². The van der Waals surface area contributed by atoms with E-state index in [0.717, 1.165) is 38.8 Å². The van der Waals surface area contributed by atoms with Gasteiger partial charge >= 0.3 is 0 Å². The van der Waals surface area contributed by atoms with Crippen LogP contribution in [0, 0.1) is 0 Å². The molecule has 3 fully saturated rings. The predicted octanol–water partition coefficient (Wildman–Crippen LogP) is 3.28. The number of hydrogen-bond donors (Lipinski definition) is 1. The molecule has 3 saturated heterocycles. The fourth-order valence-corrected chi connectivity index (χ4v) is 5.24. The molecule has 4 rings (SSSR count). The van der Waals surface area contributed by atoms with Crippen molar-refractivity contribution < 1.29 is 14.3 Å². The van der Waals surface area contributed by atoms with E-state index in [1.165, 1.54) is 12.8 Å². The van der Waals surface area contributed by atoms with Crippen LogP contribution in [-0.2, 0) is 9.53 Å². The number of piperidine rings is 1. The fourth-order valence-electron chi connectivity index (χ4n) is 5.24. The number of anilines is 1. The number of carbonyl (C=O) groups is 2. The standard InChI is InChI=1S/C23H33N3O3/c1-16-10-11-17(2)26(16)20-8-4-12-25(15-20)23(28)18-6-3-7-19(14-18)24-22(27)21-9-5-13-29-21/h3,6-7,14,16-17,20-21H,4-5,8-13,15H2,1-2H3,(H,24,27)/t16-,17+,20-,21-/m0/s1. The number of rotatable bonds is 4. The molecule has 1 aromatic rings. The molecule has 0 radical (unpaired) electrons. The molecule has 1 N–H and O–H groups in total. The highest BCUT2D eigenvalue weighted by molar-refractivity contribution is 5.98. The van der Waals surface area contributed by atoms with E-state index in [2.05, 4.69) is 24.1 Å². The molecule has 3 aliphatic rings. The highest BCUT2D eigenvalue weighted by Crippen LogP contribution is 2.30. The van der Waals surface area contributed by atoms with Crippen LogP contribution in [0.15, 0.2) is 24.3 Å². The van der Waals surface area contributed by atoms with E-state index < -0.39 is 0 Å². The number of ether oxygens (including phenoxy) is 1. The third-order valence-corrected chi connectivity index (χ3v) is 6.72. The lowest BCUT2D eigenvalue weighted by atomic mass is 10.0. The van der Waals surface area contributed by atoms with Gasteiger partial charge in [0.05, 0.1) is 0 Å². The Morgan fingerprint density at radius 2 is 1.86 bits per heavy atom. The summed E-state index contributed by atoms with van der Waals surface area (Å²) in [5, 5.41) is 2.90. The average molecular weight is 400 g/mol. The summed E-state index contributed by atoms with van der Waals surface area (Å²) in [4.78, 5) is 30.1. The number of likely N-dealkylation sites (tertiary alicyclic amines) is 2. The maximum Gasteiger partial charge on any atom is 0.253 e. The summed E-state index contributed by atoms with van der Waals surface area (Å²) < 4.78 is 5.45. The van der Waals surface area contributed by atoms with Crippen LogP contribution in [0.3, 0.4) is 0 Å². The Kier molecular flexibility index (Phi) is 6.20. The van der Waals surface area contributed by atoms with Gasteiger partial charge in [0.15, 0.2) is 0 Å². The molecule has 158 valence electrons. The van der Waals surface area contributed by atoms with Crippen molar-refractivity contribution >= 4 is 17.5 Å². The Labute approximate surface area is 173 Å². The summed E-state index contributed by atoms with van der Waals surface area (Å²) in [7, 11) is 0. The first-order valence-electron chi connectivity index (χ1n) is 11.1. The van der Waals surface area contributed by atoms with Crippen molar-refractivity contribution in [2.75, 3.05) is 25.0 Å². The molecule has 3 aliphatic heterocycles. The zero-order chi connectivity index (χ0) is 20.4. The van der Waals surface area contributed by atoms with Gasteiger partial charge in [-0.3, -0.25) is 14.5 Å². The van der Waals surface area contributed by atoms with Crippen molar-refractivity contribution in [1.82, 2.24) is 9.80 Å². The molecule has 2 amide bonds. The Bertz CT molecular complexity index is 737. The van der Waals surface area contributed by atoms with Crippen LogP contribution in [0.5, 0.6) is 0 Å². The van der Waals surface area contributed by atoms with Gasteiger partial charge in [-0.25, -0.2) is 0 Å². The second-order valence-electron chi connectivity index (χ2n) is 8.84. The fraction of sp³-hybridized carbons (Fsp3) is 0.652. The Morgan fingerprint density at radius 1 is 1.07 bits per heavy atom. The average Bonchev–Trinajstić information content (AvgIpc) is 3.38. The van der Waals surface area contributed by atoms with Crippen molar-refractivity contribution in [3.63, 3.8) is 0 Å². The summed E-state index contributed by atoms with van der Waals surface area (Å²) in [6, 6.07) is 8.94. The Hall–Kier alpha value is -1.92. The molecule has 0 aromatic heterocycles. The van der Waals surface area contributed by atoms with Gasteiger partial charge < -0.3 is 15.0 Å². The van der Waals surface area contributed by atoms with E-state index in [1.807, 2.05) is 23.1 Å². The van der Waals surface area contributed by atoms with E-state index in [1.54, 1.807) is 6.07 Å². The van der Waals surface area contributed by atoms with Crippen molar-refractivity contribution in [3.05, 3.63) is 29.8 Å². The summed E-state index contributed by atoms with van der Waals surface area (Å²) in [5.41, 5.74) is 1.30. The first-order chi connectivity index (χ1) is 14.0. The van der Waals surface area contributed by atoms with Gasteiger partial charge in [0.25, 0.3) is 11.8 Å². The molecule has 4 atom stereocenters. The summed E-state index contributed by atoms with van der Waals surface area (Å²) in [6.45, 7) is 6.86. The van der Waals surface area contributed by atoms with E-state index in [4.69, 9.17) is 4.74 Å². The van der Waals surface area contributed by atoms with Crippen LogP contribution in [-0.4, -0.2) is 65.5 Å². The van der Waals surface area contributed by atoms with Crippen molar-refractivity contribution in [2.24, 2.45) is 0 Å². The van der Waals surface area contributed by atoms with Crippen LogP contribution in [0.25, 0.3) is 0 Å². The van der Waals surface area contributed by atoms with Gasteiger partial charge in [0.2, 0.25) is 0 Å². The predicted molar refractivity (Wildman–Crippen MR) is 113 cm³/mol. The maximum atomic E-state index is 13.2. The van der Waals surface area contributed by atoms with E-state index in [-0.39, 0.29) is 17.9 Å². The van der Waals surface area contributed by atoms with Crippen LogP contribution in [0.2, 0.25) is 0 Å². The third-order valence-electron chi connectivity index (χ3n) is 6.72. The third kappa shape index (κ3) is 4.48. The molecule has 1 aromatic carbocycles. The number of nitrogens with one attached hydrogen (secondary N) is 1. The second-order valence-corrected chi connectivity index (χ2v) is 8.84. The zero-order valence-electron chi connectivity index (χ0n) is 17.6. The first kappa shape index (κ1) is 20.4. The smallest absolute Gasteiger partial charge is 0.253 e. The first-order valence-corrected chi connectivity index (χ1v) is 11.1. The highest BCUT2D eigenvalue weighted by Gasteiger charge is 2.36. The molecular weight excluding hydrogens is 366 g/mol. The molecular formula is C23H33N3O3. The summed E-state index contributed by atoms with van der Waals surface area (Å²) >= 11 is 0. The number of amides is 2. The maximum absolute atomic E-state index is 13.2. The number of hydrogen-bond acceptors (Lipinski definition) is 4. The molecule has 0 saturated carbocycles. The summed E-state index contributed by atoms with van der Waals surface area (Å²) in [6.07, 6.45) is 6.00. The van der Waals surface area contributed by atoms with E-state index in [9.17, 15) is 9.59 Å². The van der Waals surface area contributed by atoms with Gasteiger partial charge in [-0.05, 0) is 70.6 Å². The van der Waals surface area contributed by atoms with Crippen molar-refractivity contribution in [2.45, 2.75) is 76.6 Å². The lowest BCUT2D eigenvalue weighted by molar-refractivity contribution is -0.124. The van der Waals surface area contributed by atoms with Crippen LogP contribution in [0.4, 0.5) is 5.69 Å². The normalized spacial score (nSPS) is 30.5. The van der Waals surface area contributed by atoms with Gasteiger partial charge in [0.1, 0.15) is 6.10 Å². The van der Waals surface area contributed by atoms with Crippen LogP contribution in [0.1, 0.15) is 62.7 Å². The molecule has 29 heavy (non-hydrogen) atoms. The largest absolute Gasteiger partial charge is 0.368 e. The van der Waals surface area contributed by atoms with Gasteiger partial charge in [-0.2, -0.15) is 0 Å². The zero-order valence-corrected chi connectivity index (χ0v) is 17.6. The molecule has 3 heterocycles. The van der Waals surface area contributed by atoms with Crippen LogP contribution < -0.4 is 5.32 Å². The number of nitrogens with zero attached hydrogens (tertiary/aromatic N) is 2. The van der Waals surface area contributed by atoms with E-state index in [0.29, 0.717) is 36.0 Å². The minimum atomic E-state index is -0.373. The van der Waals surface area contributed by atoms with Crippen molar-refractivity contribution in [1.29, 1.82) is 0 Å². The monoisotopic (exact) mass is 399 g/mol. The molecule has 6 nitrogen and oxygen atoms in total. The molecule has 0 aliphatic carbocycles. The SMILES string of the molecule is C[C@@H]1CC[C@H](C)N1[C@H]1CCCN(C(=O)c2cccc(NC(=O)[C@@H]3CCCO3)c2)C1. The van der Waals surface area contributed by atoms with Crippen LogP contribution >= 0.6 is 0 Å². The number of carbonyl (C=O) groups excluding carboxylic acids is 2. The lowest BCUT2D eigenvalue weighted by Gasteiger charge is -2.41. The Morgan fingerprint density at radius 3 is 2.59 bits per heavy atom. The Balaban J connectivity index is 1.41. The minimum absolute atomic E-state index is 0.0578. The number of benzene rings is 1. The second kappa shape index (κ2) is 8.84. The molecule has 0 unspecified atom stereocenters. The highest BCUT2D eigenvalue weighted by atomic mass is 16.5. The molecule has 6 heteroatoms. The lowest BCUT2D eigenvalue weighted by Crippen LogP contribution is -2.52. The van der Waals surface area contributed by atoms with Gasteiger partial charge in [0, 0.05) is 49.1 Å².